The molecule has 0 atom stereocenters. The summed E-state index contributed by atoms with van der Waals surface area (Å²) in [5, 5.41) is -5.64. The Morgan fingerprint density at radius 2 is 1.58 bits per heavy atom. The normalized spacial score (nSPS) is 14.7. The Labute approximate surface area is 109 Å². The van der Waals surface area contributed by atoms with Crippen LogP contribution in [-0.2, 0) is 14.9 Å². The van der Waals surface area contributed by atoms with Crippen molar-refractivity contribution in [2.45, 2.75) is 56.8 Å². The molecule has 116 valence electrons. The molecule has 0 radical (unpaired) electrons. The van der Waals surface area contributed by atoms with E-state index in [0.29, 0.717) is 12.8 Å². The molecule has 9 heteroatoms. The van der Waals surface area contributed by atoms with E-state index < -0.39 is 39.9 Å². The quantitative estimate of drug-likeness (QED) is 0.511. The molecule has 19 heavy (non-hydrogen) atoms. The van der Waals surface area contributed by atoms with Crippen LogP contribution in [0.2, 0.25) is 0 Å². The smallest absolute Gasteiger partial charge is 0.396 e. The van der Waals surface area contributed by atoms with Crippen LogP contribution in [0.25, 0.3) is 0 Å². The number of rotatable bonds is 8. The molecule has 0 fully saturated rings. The fraction of sp³-hybridized carbons (Fsp3) is 1.00. The SMILES string of the molecule is CCCC(C)(C)OCCC(F)(F)C(F)(F)S(=O)(=O)[O-]. The minimum Gasteiger partial charge on any atom is -0.743 e. The molecule has 0 aliphatic rings. The molecule has 0 rings (SSSR count). The fourth-order valence-electron chi connectivity index (χ4n) is 1.46. The topological polar surface area (TPSA) is 66.4 Å². The maximum atomic E-state index is 13.0. The Balaban J connectivity index is 4.65. The van der Waals surface area contributed by atoms with Crippen LogP contribution in [-0.4, -0.2) is 36.4 Å². The lowest BCUT2D eigenvalue weighted by Gasteiger charge is -2.30. The molecule has 0 aromatic rings. The van der Waals surface area contributed by atoms with Crippen molar-refractivity contribution in [1.29, 1.82) is 0 Å². The van der Waals surface area contributed by atoms with Crippen molar-refractivity contribution in [3.05, 3.63) is 0 Å². The van der Waals surface area contributed by atoms with Gasteiger partial charge in [-0.2, -0.15) is 17.6 Å². The standard InChI is InChI=1S/C10H18F4O4S/c1-4-5-8(2,3)18-7-6-9(11,12)10(13,14)19(15,16)17/h4-7H2,1-3H3,(H,15,16,17)/p-1. The minimum atomic E-state index is -6.43. The average molecular weight is 309 g/mol. The van der Waals surface area contributed by atoms with Crippen molar-refractivity contribution >= 4 is 10.1 Å². The Kier molecular flexibility index (Phi) is 5.80. The first-order valence-electron chi connectivity index (χ1n) is 5.62. The van der Waals surface area contributed by atoms with Gasteiger partial charge in [-0.3, -0.25) is 0 Å². The third-order valence-electron chi connectivity index (χ3n) is 2.50. The number of halogens is 4. The maximum Gasteiger partial charge on any atom is 0.396 e. The van der Waals surface area contributed by atoms with Gasteiger partial charge < -0.3 is 9.29 Å². The molecule has 0 aromatic carbocycles. The third kappa shape index (κ3) is 4.88. The molecular formula is C10H17F4O4S-. The summed E-state index contributed by atoms with van der Waals surface area (Å²) in [7, 11) is -6.43. The van der Waals surface area contributed by atoms with Crippen LogP contribution in [0.1, 0.15) is 40.0 Å². The van der Waals surface area contributed by atoms with Gasteiger partial charge in [0.15, 0.2) is 10.1 Å². The minimum absolute atomic E-state index is 0.523. The molecule has 0 aromatic heterocycles. The predicted molar refractivity (Wildman–Crippen MR) is 59.1 cm³/mol. The zero-order valence-corrected chi connectivity index (χ0v) is 11.7. The molecule has 0 amide bonds. The van der Waals surface area contributed by atoms with E-state index in [2.05, 4.69) is 0 Å². The first kappa shape index (κ1) is 18.6. The van der Waals surface area contributed by atoms with Gasteiger partial charge in [0.2, 0.25) is 0 Å². The van der Waals surface area contributed by atoms with Crippen LogP contribution < -0.4 is 0 Å². The fourth-order valence-corrected chi connectivity index (χ4v) is 1.93. The molecule has 0 heterocycles. The highest BCUT2D eigenvalue weighted by Crippen LogP contribution is 2.40. The largest absolute Gasteiger partial charge is 0.743 e. The van der Waals surface area contributed by atoms with Crippen LogP contribution >= 0.6 is 0 Å². The first-order valence-corrected chi connectivity index (χ1v) is 7.03. The van der Waals surface area contributed by atoms with E-state index in [0.717, 1.165) is 0 Å². The lowest BCUT2D eigenvalue weighted by Crippen LogP contribution is -2.47. The van der Waals surface area contributed by atoms with Crippen LogP contribution in [0.15, 0.2) is 0 Å². The van der Waals surface area contributed by atoms with E-state index in [1.165, 1.54) is 0 Å². The van der Waals surface area contributed by atoms with Crippen LogP contribution in [0.3, 0.4) is 0 Å². The second-order valence-electron chi connectivity index (χ2n) is 4.78. The Hall–Kier alpha value is -0.410. The van der Waals surface area contributed by atoms with Gasteiger partial charge in [0.1, 0.15) is 0 Å². The van der Waals surface area contributed by atoms with Crippen molar-refractivity contribution in [1.82, 2.24) is 0 Å². The lowest BCUT2D eigenvalue weighted by molar-refractivity contribution is -0.177. The molecule has 0 saturated carbocycles. The highest BCUT2D eigenvalue weighted by Gasteiger charge is 2.61. The van der Waals surface area contributed by atoms with Gasteiger partial charge >= 0.3 is 11.2 Å². The van der Waals surface area contributed by atoms with Crippen molar-refractivity contribution in [3.63, 3.8) is 0 Å². The van der Waals surface area contributed by atoms with E-state index >= 15 is 0 Å². The lowest BCUT2D eigenvalue weighted by atomic mass is 10.0. The molecule has 0 bridgehead atoms. The second kappa shape index (κ2) is 5.92. The zero-order valence-electron chi connectivity index (χ0n) is 10.9. The summed E-state index contributed by atoms with van der Waals surface area (Å²) in [5.74, 6) is -4.96. The van der Waals surface area contributed by atoms with E-state index in [9.17, 15) is 30.5 Å². The molecule has 0 unspecified atom stereocenters. The van der Waals surface area contributed by atoms with E-state index in [1.54, 1.807) is 13.8 Å². The highest BCUT2D eigenvalue weighted by molar-refractivity contribution is 7.86. The Bertz CT molecular complexity index is 392. The van der Waals surface area contributed by atoms with Crippen molar-refractivity contribution in [3.8, 4) is 0 Å². The van der Waals surface area contributed by atoms with E-state index in [1.807, 2.05) is 6.92 Å². The molecule has 4 nitrogen and oxygen atoms in total. The second-order valence-corrected chi connectivity index (χ2v) is 6.20. The molecule has 0 aliphatic carbocycles. The van der Waals surface area contributed by atoms with Gasteiger partial charge in [-0.05, 0) is 20.3 Å². The predicted octanol–water partition coefficient (Wildman–Crippen LogP) is 2.75. The van der Waals surface area contributed by atoms with Crippen molar-refractivity contribution < 1.29 is 35.3 Å². The molecule has 0 spiro atoms. The zero-order chi connectivity index (χ0) is 15.5. The highest BCUT2D eigenvalue weighted by atomic mass is 32.2. The van der Waals surface area contributed by atoms with Crippen LogP contribution in [0, 0.1) is 0 Å². The summed E-state index contributed by atoms with van der Waals surface area (Å²) >= 11 is 0. The van der Waals surface area contributed by atoms with Crippen LogP contribution in [0.4, 0.5) is 17.6 Å². The molecule has 0 N–H and O–H groups in total. The summed E-state index contributed by atoms with van der Waals surface area (Å²) in [4.78, 5) is 0. The summed E-state index contributed by atoms with van der Waals surface area (Å²) in [6.07, 6.45) is -0.322. The van der Waals surface area contributed by atoms with Gasteiger partial charge in [0, 0.05) is 6.42 Å². The Morgan fingerprint density at radius 3 is 1.95 bits per heavy atom. The van der Waals surface area contributed by atoms with Crippen molar-refractivity contribution in [2.24, 2.45) is 0 Å². The van der Waals surface area contributed by atoms with Gasteiger partial charge in [-0.15, -0.1) is 0 Å². The Morgan fingerprint density at radius 1 is 1.11 bits per heavy atom. The number of ether oxygens (including phenoxy) is 1. The average Bonchev–Trinajstić information content (AvgIpc) is 2.14. The van der Waals surface area contributed by atoms with Gasteiger partial charge in [0.25, 0.3) is 0 Å². The van der Waals surface area contributed by atoms with Gasteiger partial charge in [-0.1, -0.05) is 13.3 Å². The number of hydrogen-bond acceptors (Lipinski definition) is 4. The molecule has 0 saturated heterocycles. The summed E-state index contributed by atoms with van der Waals surface area (Å²) in [6.45, 7) is 4.25. The summed E-state index contributed by atoms with van der Waals surface area (Å²) in [5.41, 5.74) is -0.781. The number of hydrogen-bond donors (Lipinski definition) is 0. The third-order valence-corrected chi connectivity index (χ3v) is 3.43. The first-order chi connectivity index (χ1) is 8.27. The maximum absolute atomic E-state index is 13.0. The molecular weight excluding hydrogens is 292 g/mol. The van der Waals surface area contributed by atoms with Crippen molar-refractivity contribution in [2.75, 3.05) is 6.61 Å². The number of alkyl halides is 4. The van der Waals surface area contributed by atoms with E-state index in [4.69, 9.17) is 4.74 Å². The summed E-state index contributed by atoms with van der Waals surface area (Å²) in [6, 6.07) is 0. The van der Waals surface area contributed by atoms with E-state index in [-0.39, 0.29) is 0 Å². The van der Waals surface area contributed by atoms with Crippen LogP contribution in [0.5, 0.6) is 0 Å². The van der Waals surface area contributed by atoms with Gasteiger partial charge in [0.05, 0.1) is 12.2 Å². The monoisotopic (exact) mass is 309 g/mol. The van der Waals surface area contributed by atoms with Gasteiger partial charge in [-0.25, -0.2) is 8.42 Å². The molecule has 0 aliphatic heterocycles. The summed E-state index contributed by atoms with van der Waals surface area (Å²) < 4.78 is 87.1.